The minimum atomic E-state index is 0.945. The molecule has 176 valence electrons. The lowest BCUT2D eigenvalue weighted by Gasteiger charge is -2.18. The van der Waals surface area contributed by atoms with Gasteiger partial charge >= 0.3 is 0 Å². The lowest BCUT2D eigenvalue weighted by molar-refractivity contribution is 1.47. The number of allylic oxidation sites excluding steroid dienone is 3. The third-order valence-electron chi connectivity index (χ3n) is 7.18. The Bertz CT molecular complexity index is 1810. The van der Waals surface area contributed by atoms with E-state index in [0.717, 1.165) is 11.1 Å². The average Bonchev–Trinajstić information content (AvgIpc) is 2.94. The first-order chi connectivity index (χ1) is 18.2. The van der Waals surface area contributed by atoms with Gasteiger partial charge in [-0.3, -0.25) is 0 Å². The molecule has 0 aliphatic rings. The largest absolute Gasteiger partial charge is 0.309 e. The summed E-state index contributed by atoms with van der Waals surface area (Å²) in [7, 11) is 0. The van der Waals surface area contributed by atoms with Crippen molar-refractivity contribution in [2.24, 2.45) is 0 Å². The smallest absolute Gasteiger partial charge is 0.0183 e. The van der Waals surface area contributed by atoms with Gasteiger partial charge in [-0.25, -0.2) is 0 Å². The second-order valence-electron chi connectivity index (χ2n) is 9.48. The Balaban J connectivity index is 1.67. The van der Waals surface area contributed by atoms with Gasteiger partial charge < -0.3 is 5.41 Å². The summed E-state index contributed by atoms with van der Waals surface area (Å²) in [5, 5.41) is 14.9. The minimum Gasteiger partial charge on any atom is -0.309 e. The number of rotatable bonds is 5. The molecule has 1 heteroatoms. The Hall–Kier alpha value is -4.75. The van der Waals surface area contributed by atoms with Gasteiger partial charge in [0.05, 0.1) is 0 Å². The van der Waals surface area contributed by atoms with E-state index in [2.05, 4.69) is 123 Å². The van der Waals surface area contributed by atoms with Crippen molar-refractivity contribution in [1.29, 1.82) is 5.41 Å². The molecule has 0 heterocycles. The Kier molecular flexibility index (Phi) is 5.75. The van der Waals surface area contributed by atoms with Crippen LogP contribution in [0.5, 0.6) is 0 Å². The van der Waals surface area contributed by atoms with Crippen LogP contribution in [0, 0.1) is 12.3 Å². The maximum absolute atomic E-state index is 7.49. The molecule has 6 rings (SSSR count). The molecule has 0 aliphatic heterocycles. The fourth-order valence-electron chi connectivity index (χ4n) is 5.50. The predicted molar refractivity (Wildman–Crippen MR) is 162 cm³/mol. The summed E-state index contributed by atoms with van der Waals surface area (Å²) in [6.07, 6.45) is 4.90. The van der Waals surface area contributed by atoms with Crippen LogP contribution in [-0.4, -0.2) is 6.21 Å². The van der Waals surface area contributed by atoms with Crippen molar-refractivity contribution < 1.29 is 0 Å². The van der Waals surface area contributed by atoms with Gasteiger partial charge in [-0.1, -0.05) is 115 Å². The van der Waals surface area contributed by atoms with E-state index in [4.69, 9.17) is 5.41 Å². The molecule has 0 aliphatic carbocycles. The summed E-state index contributed by atoms with van der Waals surface area (Å²) in [5.41, 5.74) is 8.26. The number of aryl methyl sites for hydroxylation is 1. The maximum atomic E-state index is 7.49. The SMILES string of the molecule is C=C/C(=C\C=N)c1ccc2ccc(-c3c4ccccc4c(-c4cccc(C)c4)c4ccccc34)cc2c1. The molecule has 0 unspecified atom stereocenters. The van der Waals surface area contributed by atoms with Gasteiger partial charge in [0.2, 0.25) is 0 Å². The Labute approximate surface area is 217 Å². The first-order valence-electron chi connectivity index (χ1n) is 12.6. The summed E-state index contributed by atoms with van der Waals surface area (Å²) < 4.78 is 0. The molecular formula is C36H27N. The minimum absolute atomic E-state index is 0.945. The normalized spacial score (nSPS) is 11.8. The summed E-state index contributed by atoms with van der Waals surface area (Å²) in [4.78, 5) is 0. The fraction of sp³-hybridized carbons (Fsp3) is 0.0278. The van der Waals surface area contributed by atoms with Crippen LogP contribution >= 0.6 is 0 Å². The zero-order valence-electron chi connectivity index (χ0n) is 20.8. The highest BCUT2D eigenvalue weighted by Crippen LogP contribution is 2.44. The van der Waals surface area contributed by atoms with E-state index in [0.29, 0.717) is 0 Å². The summed E-state index contributed by atoms with van der Waals surface area (Å²) >= 11 is 0. The van der Waals surface area contributed by atoms with E-state index >= 15 is 0 Å². The molecule has 0 amide bonds. The van der Waals surface area contributed by atoms with Crippen molar-refractivity contribution in [3.05, 3.63) is 139 Å². The third kappa shape index (κ3) is 3.95. The molecule has 0 bridgehead atoms. The zero-order chi connectivity index (χ0) is 25.4. The van der Waals surface area contributed by atoms with Gasteiger partial charge in [-0.2, -0.15) is 0 Å². The fourth-order valence-corrected chi connectivity index (χ4v) is 5.50. The first-order valence-corrected chi connectivity index (χ1v) is 12.6. The van der Waals surface area contributed by atoms with Gasteiger partial charge in [-0.05, 0) is 90.8 Å². The van der Waals surface area contributed by atoms with Crippen molar-refractivity contribution in [1.82, 2.24) is 0 Å². The molecule has 0 aromatic heterocycles. The lowest BCUT2D eigenvalue weighted by Crippen LogP contribution is -1.91. The third-order valence-corrected chi connectivity index (χ3v) is 7.18. The average molecular weight is 474 g/mol. The number of hydrogen-bond acceptors (Lipinski definition) is 1. The molecule has 1 nitrogen and oxygen atoms in total. The standard InChI is InChI=1S/C36H27N/c1-3-25(19-20-37)27-17-15-26-16-18-29(23-30(26)22-27)36-33-13-6-4-11-31(33)35(28-10-8-9-24(2)21-28)32-12-5-7-14-34(32)36/h3-23,37H,1H2,2H3/b25-19+,37-20?. The summed E-state index contributed by atoms with van der Waals surface area (Å²) in [6, 6.07) is 39.5. The predicted octanol–water partition coefficient (Wildman–Crippen LogP) is 10.0. The van der Waals surface area contributed by atoms with Gasteiger partial charge in [0.1, 0.15) is 0 Å². The monoisotopic (exact) mass is 473 g/mol. The molecule has 6 aromatic rings. The van der Waals surface area contributed by atoms with Crippen molar-refractivity contribution in [3.8, 4) is 22.3 Å². The number of nitrogens with one attached hydrogen (secondary N) is 1. The molecule has 0 saturated carbocycles. The van der Waals surface area contributed by atoms with Crippen molar-refractivity contribution >= 4 is 44.1 Å². The highest BCUT2D eigenvalue weighted by molar-refractivity contribution is 6.21. The number of benzene rings is 6. The second kappa shape index (κ2) is 9.37. The lowest BCUT2D eigenvalue weighted by atomic mass is 9.85. The summed E-state index contributed by atoms with van der Waals surface area (Å²) in [6.45, 7) is 6.09. The topological polar surface area (TPSA) is 23.9 Å². The molecule has 0 atom stereocenters. The molecular weight excluding hydrogens is 446 g/mol. The van der Waals surface area contributed by atoms with Crippen LogP contribution in [0.4, 0.5) is 0 Å². The molecule has 0 fully saturated rings. The molecule has 1 N–H and O–H groups in total. The van der Waals surface area contributed by atoms with Crippen LogP contribution in [0.1, 0.15) is 11.1 Å². The van der Waals surface area contributed by atoms with Gasteiger partial charge in [0.15, 0.2) is 0 Å². The zero-order valence-corrected chi connectivity index (χ0v) is 20.8. The Morgan fingerprint density at radius 3 is 1.78 bits per heavy atom. The highest BCUT2D eigenvalue weighted by atomic mass is 14.3. The highest BCUT2D eigenvalue weighted by Gasteiger charge is 2.16. The molecule has 0 saturated heterocycles. The Morgan fingerprint density at radius 2 is 1.22 bits per heavy atom. The number of hydrogen-bond donors (Lipinski definition) is 1. The van der Waals surface area contributed by atoms with Crippen LogP contribution in [0.25, 0.3) is 60.1 Å². The van der Waals surface area contributed by atoms with Gasteiger partial charge in [-0.15, -0.1) is 0 Å². The van der Waals surface area contributed by atoms with Crippen LogP contribution < -0.4 is 0 Å². The quantitative estimate of drug-likeness (QED) is 0.146. The van der Waals surface area contributed by atoms with E-state index in [1.165, 1.54) is 66.3 Å². The maximum Gasteiger partial charge on any atom is 0.0183 e. The molecule has 0 radical (unpaired) electrons. The van der Waals surface area contributed by atoms with Crippen LogP contribution in [0.3, 0.4) is 0 Å². The summed E-state index contributed by atoms with van der Waals surface area (Å²) in [5.74, 6) is 0. The van der Waals surface area contributed by atoms with Crippen molar-refractivity contribution in [2.75, 3.05) is 0 Å². The van der Waals surface area contributed by atoms with E-state index in [1.807, 2.05) is 0 Å². The van der Waals surface area contributed by atoms with Crippen LogP contribution in [-0.2, 0) is 0 Å². The molecule has 37 heavy (non-hydrogen) atoms. The van der Waals surface area contributed by atoms with E-state index in [1.54, 1.807) is 12.2 Å². The first kappa shape index (κ1) is 22.7. The van der Waals surface area contributed by atoms with E-state index in [-0.39, 0.29) is 0 Å². The van der Waals surface area contributed by atoms with Gasteiger partial charge in [0, 0.05) is 6.21 Å². The van der Waals surface area contributed by atoms with Crippen LogP contribution in [0.15, 0.2) is 128 Å². The number of fused-ring (bicyclic) bond motifs is 3. The Morgan fingerprint density at radius 1 is 0.622 bits per heavy atom. The van der Waals surface area contributed by atoms with Crippen LogP contribution in [0.2, 0.25) is 0 Å². The van der Waals surface area contributed by atoms with E-state index in [9.17, 15) is 0 Å². The second-order valence-corrected chi connectivity index (χ2v) is 9.48. The van der Waals surface area contributed by atoms with E-state index < -0.39 is 0 Å². The van der Waals surface area contributed by atoms with Gasteiger partial charge in [0.25, 0.3) is 0 Å². The molecule has 0 spiro atoms. The molecule has 6 aromatic carbocycles. The van der Waals surface area contributed by atoms with Crippen molar-refractivity contribution in [3.63, 3.8) is 0 Å². The van der Waals surface area contributed by atoms with Crippen molar-refractivity contribution in [2.45, 2.75) is 6.92 Å².